The van der Waals surface area contributed by atoms with E-state index in [2.05, 4.69) is 4.98 Å². The van der Waals surface area contributed by atoms with E-state index in [1.54, 1.807) is 42.6 Å². The largest absolute Gasteiger partial charge is 0.507 e. The minimum Gasteiger partial charge on any atom is -0.507 e. The number of halogens is 1. The van der Waals surface area contributed by atoms with E-state index in [9.17, 15) is 14.7 Å². The predicted molar refractivity (Wildman–Crippen MR) is 123 cm³/mol. The molecule has 1 aliphatic rings. The van der Waals surface area contributed by atoms with Gasteiger partial charge in [-0.15, -0.1) is 0 Å². The number of hydrogen-bond acceptors (Lipinski definition) is 5. The lowest BCUT2D eigenvalue weighted by Gasteiger charge is -2.25. The average Bonchev–Trinajstić information content (AvgIpc) is 3.04. The van der Waals surface area contributed by atoms with Crippen LogP contribution in [-0.4, -0.2) is 28.9 Å². The number of Topliss-reactive ketones (excluding diaryl/α,β-unsaturated/α-hetero) is 1. The van der Waals surface area contributed by atoms with E-state index in [0.29, 0.717) is 11.4 Å². The summed E-state index contributed by atoms with van der Waals surface area (Å²) < 4.78 is 5.39. The quantitative estimate of drug-likeness (QED) is 0.345. The number of aliphatic hydroxyl groups is 1. The molecule has 0 aliphatic carbocycles. The van der Waals surface area contributed by atoms with Crippen LogP contribution >= 0.6 is 11.6 Å². The molecule has 0 saturated carbocycles. The fraction of sp³-hybridized carbons (Fsp3) is 0.160. The van der Waals surface area contributed by atoms with E-state index in [1.165, 1.54) is 12.0 Å². The zero-order valence-electron chi connectivity index (χ0n) is 17.8. The van der Waals surface area contributed by atoms with Crippen molar-refractivity contribution in [2.75, 3.05) is 12.0 Å². The molecule has 1 unspecified atom stereocenters. The molecule has 1 atom stereocenters. The SMILES string of the molecule is COc1c(Cl)cc(C)cc1/C(O)=C1\C(=O)C(=O)N(c2cccc(C)c2)C1c1ccccn1. The molecule has 1 aliphatic heterocycles. The van der Waals surface area contributed by atoms with Crippen molar-refractivity contribution in [2.24, 2.45) is 0 Å². The number of ether oxygens (including phenoxy) is 1. The van der Waals surface area contributed by atoms with Crippen LogP contribution in [0.4, 0.5) is 5.69 Å². The number of carbonyl (C=O) groups excluding carboxylic acids is 2. The van der Waals surface area contributed by atoms with Gasteiger partial charge >= 0.3 is 0 Å². The molecule has 1 amide bonds. The molecule has 1 saturated heterocycles. The van der Waals surface area contributed by atoms with E-state index in [0.717, 1.165) is 11.1 Å². The fourth-order valence-corrected chi connectivity index (χ4v) is 4.30. The maximum atomic E-state index is 13.2. The molecular weight excluding hydrogens is 428 g/mol. The highest BCUT2D eigenvalue weighted by Crippen LogP contribution is 2.44. The number of benzene rings is 2. The van der Waals surface area contributed by atoms with Crippen molar-refractivity contribution in [1.29, 1.82) is 0 Å². The molecule has 1 N–H and O–H groups in total. The summed E-state index contributed by atoms with van der Waals surface area (Å²) >= 11 is 6.31. The van der Waals surface area contributed by atoms with Gasteiger partial charge in [-0.05, 0) is 61.4 Å². The molecule has 1 aromatic heterocycles. The van der Waals surface area contributed by atoms with E-state index in [4.69, 9.17) is 16.3 Å². The van der Waals surface area contributed by atoms with Gasteiger partial charge in [-0.25, -0.2) is 0 Å². The van der Waals surface area contributed by atoms with E-state index in [1.807, 2.05) is 32.0 Å². The Kier molecular flexibility index (Phi) is 5.72. The lowest BCUT2D eigenvalue weighted by Crippen LogP contribution is -2.29. The summed E-state index contributed by atoms with van der Waals surface area (Å²) in [6, 6.07) is 14.9. The Balaban J connectivity index is 2.01. The second kappa shape index (κ2) is 8.48. The van der Waals surface area contributed by atoms with Crippen molar-refractivity contribution in [3.05, 3.63) is 93.8 Å². The van der Waals surface area contributed by atoms with Gasteiger partial charge < -0.3 is 9.84 Å². The van der Waals surface area contributed by atoms with Gasteiger partial charge in [-0.3, -0.25) is 19.5 Å². The molecule has 3 aromatic rings. The maximum absolute atomic E-state index is 13.2. The molecule has 0 spiro atoms. The first-order valence-corrected chi connectivity index (χ1v) is 10.3. The standard InChI is InChI=1S/C25H21ClN2O4/c1-14-7-6-8-16(11-14)28-21(19-9-4-5-10-27-19)20(23(30)25(28)31)22(29)17-12-15(2)13-18(26)24(17)32-3/h4-13,21,29H,1-3H3/b22-20+. The smallest absolute Gasteiger partial charge is 0.300 e. The minimum absolute atomic E-state index is 0.0739. The number of nitrogens with zero attached hydrogens (tertiary/aromatic N) is 2. The summed E-state index contributed by atoms with van der Waals surface area (Å²) in [5.41, 5.74) is 2.84. The Morgan fingerprint density at radius 1 is 1.06 bits per heavy atom. The number of anilines is 1. The number of hydrogen-bond donors (Lipinski definition) is 1. The maximum Gasteiger partial charge on any atom is 0.300 e. The number of aryl methyl sites for hydroxylation is 2. The summed E-state index contributed by atoms with van der Waals surface area (Å²) in [5.74, 6) is -1.70. The molecule has 2 aromatic carbocycles. The number of carbonyl (C=O) groups is 2. The van der Waals surface area contributed by atoms with Gasteiger partial charge in [0.25, 0.3) is 11.7 Å². The van der Waals surface area contributed by atoms with Gasteiger partial charge in [-0.2, -0.15) is 0 Å². The normalized spacial score (nSPS) is 17.6. The van der Waals surface area contributed by atoms with E-state index < -0.39 is 17.7 Å². The summed E-state index contributed by atoms with van der Waals surface area (Å²) in [7, 11) is 1.43. The molecule has 4 rings (SSSR count). The van der Waals surface area contributed by atoms with E-state index in [-0.39, 0.29) is 27.7 Å². The Morgan fingerprint density at radius 3 is 2.50 bits per heavy atom. The third kappa shape index (κ3) is 3.63. The molecule has 32 heavy (non-hydrogen) atoms. The molecule has 0 bridgehead atoms. The number of ketones is 1. The summed E-state index contributed by atoms with van der Waals surface area (Å²) in [4.78, 5) is 32.2. The van der Waals surface area contributed by atoms with Crippen LogP contribution in [0.5, 0.6) is 5.75 Å². The number of amides is 1. The number of aromatic nitrogens is 1. The molecule has 2 heterocycles. The van der Waals surface area contributed by atoms with Crippen molar-refractivity contribution in [1.82, 2.24) is 4.98 Å². The Hall–Kier alpha value is -3.64. The highest BCUT2D eigenvalue weighted by Gasteiger charge is 2.48. The van der Waals surface area contributed by atoms with Crippen molar-refractivity contribution < 1.29 is 19.4 Å². The summed E-state index contributed by atoms with van der Waals surface area (Å²) in [5, 5.41) is 11.6. The van der Waals surface area contributed by atoms with Gasteiger partial charge in [0, 0.05) is 11.9 Å². The van der Waals surface area contributed by atoms with Crippen LogP contribution in [-0.2, 0) is 9.59 Å². The van der Waals surface area contributed by atoms with Crippen LogP contribution in [0.2, 0.25) is 5.02 Å². The van der Waals surface area contributed by atoms with Crippen LogP contribution in [0.3, 0.4) is 0 Å². The molecule has 6 nitrogen and oxygen atoms in total. The molecule has 1 fully saturated rings. The second-order valence-electron chi connectivity index (χ2n) is 7.59. The topological polar surface area (TPSA) is 79.7 Å². The predicted octanol–water partition coefficient (Wildman–Crippen LogP) is 4.99. The first-order chi connectivity index (χ1) is 15.3. The van der Waals surface area contributed by atoms with Crippen LogP contribution in [0.25, 0.3) is 5.76 Å². The van der Waals surface area contributed by atoms with Gasteiger partial charge in [0.2, 0.25) is 0 Å². The zero-order chi connectivity index (χ0) is 23.0. The first-order valence-electron chi connectivity index (χ1n) is 9.96. The highest BCUT2D eigenvalue weighted by atomic mass is 35.5. The monoisotopic (exact) mass is 448 g/mol. The molecule has 162 valence electrons. The number of methoxy groups -OCH3 is 1. The van der Waals surface area contributed by atoms with Crippen molar-refractivity contribution >= 4 is 34.7 Å². The lowest BCUT2D eigenvalue weighted by atomic mass is 9.97. The Bertz CT molecular complexity index is 1250. The second-order valence-corrected chi connectivity index (χ2v) is 8.00. The Labute approximate surface area is 190 Å². The van der Waals surface area contributed by atoms with E-state index >= 15 is 0 Å². The van der Waals surface area contributed by atoms with Crippen molar-refractivity contribution in [3.8, 4) is 5.75 Å². The van der Waals surface area contributed by atoms with Crippen molar-refractivity contribution in [3.63, 3.8) is 0 Å². The van der Waals surface area contributed by atoms with Gasteiger partial charge in [0.15, 0.2) is 0 Å². The third-order valence-electron chi connectivity index (χ3n) is 5.34. The third-order valence-corrected chi connectivity index (χ3v) is 5.62. The Morgan fingerprint density at radius 2 is 1.84 bits per heavy atom. The molecule has 0 radical (unpaired) electrons. The van der Waals surface area contributed by atoms with Gasteiger partial charge in [0.05, 0.1) is 29.0 Å². The first kappa shape index (κ1) is 21.6. The van der Waals surface area contributed by atoms with Crippen LogP contribution in [0.1, 0.15) is 28.4 Å². The zero-order valence-corrected chi connectivity index (χ0v) is 18.6. The lowest BCUT2D eigenvalue weighted by molar-refractivity contribution is -0.132. The number of rotatable bonds is 4. The van der Waals surface area contributed by atoms with Crippen LogP contribution in [0, 0.1) is 13.8 Å². The fourth-order valence-electron chi connectivity index (χ4n) is 3.95. The summed E-state index contributed by atoms with van der Waals surface area (Å²) in [6.45, 7) is 3.71. The number of aliphatic hydroxyl groups excluding tert-OH is 1. The highest BCUT2D eigenvalue weighted by molar-refractivity contribution is 6.51. The minimum atomic E-state index is -0.915. The van der Waals surface area contributed by atoms with Crippen LogP contribution < -0.4 is 9.64 Å². The average molecular weight is 449 g/mol. The number of pyridine rings is 1. The van der Waals surface area contributed by atoms with Crippen LogP contribution in [0.15, 0.2) is 66.4 Å². The van der Waals surface area contributed by atoms with Gasteiger partial charge in [-0.1, -0.05) is 29.8 Å². The molecular formula is C25H21ClN2O4. The van der Waals surface area contributed by atoms with Crippen molar-refractivity contribution in [2.45, 2.75) is 19.9 Å². The summed E-state index contributed by atoms with van der Waals surface area (Å²) in [6.07, 6.45) is 1.58. The van der Waals surface area contributed by atoms with Gasteiger partial charge in [0.1, 0.15) is 17.6 Å². The molecule has 7 heteroatoms.